The number of nitrogens with zero attached hydrogens (tertiary/aromatic N) is 4. The second-order valence-electron chi connectivity index (χ2n) is 5.75. The van der Waals surface area contributed by atoms with Gasteiger partial charge in [-0.15, -0.1) is 20.5 Å². The fourth-order valence-corrected chi connectivity index (χ4v) is 2.06. The number of aromatic nitrogens is 6. The quantitative estimate of drug-likeness (QED) is 0.154. The molecule has 4 heterocycles. The second-order valence-corrected chi connectivity index (χ2v) is 7.26. The van der Waals surface area contributed by atoms with Crippen molar-refractivity contribution in [1.29, 1.82) is 0 Å². The fourth-order valence-electron chi connectivity index (χ4n) is 2.06. The van der Waals surface area contributed by atoms with E-state index in [-0.39, 0.29) is 33.9 Å². The molecule has 0 aliphatic carbocycles. The zero-order valence-electron chi connectivity index (χ0n) is 18.4. The van der Waals surface area contributed by atoms with Crippen molar-refractivity contribution in [1.82, 2.24) is 29.9 Å². The minimum absolute atomic E-state index is 0. The third-order valence-corrected chi connectivity index (χ3v) is 3.19. The van der Waals surface area contributed by atoms with E-state index in [0.29, 0.717) is 22.8 Å². The van der Waals surface area contributed by atoms with E-state index in [0.717, 1.165) is 0 Å². The molecular weight excluding hydrogens is 611 g/mol. The maximum atomic E-state index is 10.9. The van der Waals surface area contributed by atoms with Crippen molar-refractivity contribution in [3.8, 4) is 22.8 Å². The SMILES string of the molecule is O=c1nc(-c2ccccn2)cc[nH]1.O=c1nc(-c2ccccn2)cc[nH]1.[Cu+2].[O-][Cl+3]([O-])([O-])[O-].[O-][Cl+3]([O-])([O-])[O-].[OH3+]. The average molecular weight is 628 g/mol. The maximum Gasteiger partial charge on any atom is 2.00 e. The van der Waals surface area contributed by atoms with E-state index < -0.39 is 20.5 Å². The van der Waals surface area contributed by atoms with Crippen LogP contribution in [-0.4, -0.2) is 29.9 Å². The number of hydrogen-bond donors (Lipinski definition) is 2. The molecule has 0 fully saturated rings. The van der Waals surface area contributed by atoms with Crippen molar-refractivity contribution in [2.75, 3.05) is 0 Å². The molecule has 0 saturated heterocycles. The Labute approximate surface area is 227 Å². The summed E-state index contributed by atoms with van der Waals surface area (Å²) >= 11 is 0. The summed E-state index contributed by atoms with van der Waals surface area (Å²) in [5.74, 6) is 0. The van der Waals surface area contributed by atoms with Gasteiger partial charge in [0.25, 0.3) is 0 Å². The van der Waals surface area contributed by atoms with Crippen LogP contribution in [0.2, 0.25) is 0 Å². The predicted octanol–water partition coefficient (Wildman–Crippen LogP) is -8.77. The Bertz CT molecular complexity index is 1180. The zero-order chi connectivity index (χ0) is 27.2. The van der Waals surface area contributed by atoms with Crippen molar-refractivity contribution >= 4 is 0 Å². The summed E-state index contributed by atoms with van der Waals surface area (Å²) in [6.45, 7) is 0. The molecule has 0 aliphatic heterocycles. The van der Waals surface area contributed by atoms with Gasteiger partial charge in [-0.25, -0.2) is 46.9 Å². The van der Waals surface area contributed by atoms with Gasteiger partial charge >= 0.3 is 28.4 Å². The molecule has 0 aliphatic rings. The second kappa shape index (κ2) is 18.1. The third kappa shape index (κ3) is 19.9. The zero-order valence-corrected chi connectivity index (χ0v) is 20.9. The van der Waals surface area contributed by atoms with Crippen LogP contribution in [0.15, 0.2) is 82.9 Å². The van der Waals surface area contributed by atoms with Gasteiger partial charge in [0.15, 0.2) is 0 Å². The maximum absolute atomic E-state index is 10.9. The number of rotatable bonds is 2. The van der Waals surface area contributed by atoms with Crippen molar-refractivity contribution in [3.63, 3.8) is 0 Å². The first-order chi connectivity index (χ1) is 16.7. The molecule has 0 aromatic carbocycles. The number of nitrogens with one attached hydrogen (secondary N) is 2. The van der Waals surface area contributed by atoms with Crippen LogP contribution in [0.5, 0.6) is 0 Å². The van der Waals surface area contributed by atoms with Gasteiger partial charge in [-0.2, -0.15) is 9.97 Å². The summed E-state index contributed by atoms with van der Waals surface area (Å²) in [6.07, 6.45) is 6.44. The normalized spacial score (nSPS) is 9.89. The first-order valence-electron chi connectivity index (χ1n) is 8.90. The van der Waals surface area contributed by atoms with Crippen molar-refractivity contribution in [2.24, 2.45) is 0 Å². The molecule has 38 heavy (non-hydrogen) atoms. The van der Waals surface area contributed by atoms with E-state index in [4.69, 9.17) is 37.3 Å². The van der Waals surface area contributed by atoms with Gasteiger partial charge in [-0.05, 0) is 36.4 Å². The standard InChI is InChI=1S/2C9H7N3O.2ClHO4.Cu.H2O/c2*13-9-11-6-4-8(12-9)7-3-1-2-5-10-7;2*2-1(3,4)5;;/h2*1-6H,(H,11,12,13);2*(H,2,3,4,5);;1H2/q;;;;+2;/p-1. The molecule has 0 spiro atoms. The first-order valence-corrected chi connectivity index (χ1v) is 11.4. The monoisotopic (exact) mass is 626 g/mol. The van der Waals surface area contributed by atoms with Gasteiger partial charge in [0.05, 0.1) is 22.8 Å². The number of pyridine rings is 2. The van der Waals surface area contributed by atoms with E-state index in [1.165, 1.54) is 0 Å². The van der Waals surface area contributed by atoms with Crippen LogP contribution < -0.4 is 48.7 Å². The Balaban J connectivity index is 0. The van der Waals surface area contributed by atoms with E-state index in [9.17, 15) is 9.59 Å². The Morgan fingerprint density at radius 1 is 0.553 bits per heavy atom. The summed E-state index contributed by atoms with van der Waals surface area (Å²) in [7, 11) is -9.89. The molecule has 0 unspecified atom stereocenters. The summed E-state index contributed by atoms with van der Waals surface area (Å²) < 4.78 is 67.9. The molecule has 209 valence electrons. The van der Waals surface area contributed by atoms with Crippen LogP contribution in [0.3, 0.4) is 0 Å². The molecule has 4 aromatic heterocycles. The minimum Gasteiger partial charge on any atom is -0.457 e. The van der Waals surface area contributed by atoms with Gasteiger partial charge in [-0.3, -0.25) is 9.97 Å². The molecule has 0 bridgehead atoms. The van der Waals surface area contributed by atoms with Crippen molar-refractivity contribution < 1.29 is 80.3 Å². The third-order valence-electron chi connectivity index (χ3n) is 3.19. The minimum atomic E-state index is -4.94. The van der Waals surface area contributed by atoms with Crippen LogP contribution in [0.1, 0.15) is 0 Å². The Kier molecular flexibility index (Phi) is 17.6. The number of H-pyrrole nitrogens is 2. The topological polar surface area (TPSA) is 335 Å². The molecule has 0 saturated carbocycles. The predicted molar refractivity (Wildman–Crippen MR) is 101 cm³/mol. The van der Waals surface area contributed by atoms with E-state index >= 15 is 0 Å². The van der Waals surface area contributed by atoms with E-state index in [2.05, 4.69) is 29.9 Å². The van der Waals surface area contributed by atoms with Crippen LogP contribution in [-0.2, 0) is 22.5 Å². The van der Waals surface area contributed by atoms with Crippen molar-refractivity contribution in [3.05, 3.63) is 94.3 Å². The van der Waals surface area contributed by atoms with Gasteiger partial charge < -0.3 is 15.4 Å². The molecule has 1 radical (unpaired) electrons. The molecule has 5 N–H and O–H groups in total. The number of hydrogen-bond acceptors (Lipinski definition) is 14. The number of aromatic amines is 2. The molecule has 20 heteroatoms. The van der Waals surface area contributed by atoms with Crippen LogP contribution in [0.25, 0.3) is 22.8 Å². The summed E-state index contributed by atoms with van der Waals surface area (Å²) in [5.41, 5.74) is 1.86. The molecule has 17 nitrogen and oxygen atoms in total. The Hall–Kier alpha value is -3.20. The molecule has 4 aromatic rings. The van der Waals surface area contributed by atoms with Gasteiger partial charge in [0.1, 0.15) is 0 Å². The van der Waals surface area contributed by atoms with Gasteiger partial charge in [-0.1, -0.05) is 12.1 Å². The number of halogens is 2. The molecule has 0 amide bonds. The van der Waals surface area contributed by atoms with Crippen LogP contribution in [0.4, 0.5) is 0 Å². The summed E-state index contributed by atoms with van der Waals surface area (Å²) in [4.78, 5) is 42.3. The largest absolute Gasteiger partial charge is 2.00 e. The molecule has 4 rings (SSSR count). The van der Waals surface area contributed by atoms with Gasteiger partial charge in [0.2, 0.25) is 0 Å². The van der Waals surface area contributed by atoms with Crippen molar-refractivity contribution in [2.45, 2.75) is 0 Å². The van der Waals surface area contributed by atoms with Crippen LogP contribution in [0, 0.1) is 20.5 Å². The molecule has 0 atom stereocenters. The summed E-state index contributed by atoms with van der Waals surface area (Å²) in [6, 6.07) is 14.4. The Morgan fingerprint density at radius 2 is 0.868 bits per heavy atom. The smallest absolute Gasteiger partial charge is 0.457 e. The first kappa shape index (κ1) is 37.0. The Morgan fingerprint density at radius 3 is 1.11 bits per heavy atom. The van der Waals surface area contributed by atoms with E-state index in [1.54, 1.807) is 36.9 Å². The molecular formula is C18H17Cl2CuN6O11+. The fraction of sp³-hybridized carbons (Fsp3) is 0. The summed E-state index contributed by atoms with van der Waals surface area (Å²) in [5, 5.41) is 0. The average Bonchev–Trinajstić information content (AvgIpc) is 2.79. The van der Waals surface area contributed by atoms with Gasteiger partial charge in [0, 0.05) is 24.8 Å². The van der Waals surface area contributed by atoms with Crippen LogP contribution >= 0.6 is 0 Å². The van der Waals surface area contributed by atoms with E-state index in [1.807, 2.05) is 36.4 Å².